The van der Waals surface area contributed by atoms with Gasteiger partial charge in [0.05, 0.1) is 10.6 Å². The third-order valence-electron chi connectivity index (χ3n) is 5.93. The average molecular weight is 431 g/mol. The quantitative estimate of drug-likeness (QED) is 0.806. The van der Waals surface area contributed by atoms with Crippen molar-refractivity contribution < 1.29 is 18.0 Å². The highest BCUT2D eigenvalue weighted by atomic mass is 32.2. The monoisotopic (exact) mass is 430 g/mol. The highest BCUT2D eigenvalue weighted by Gasteiger charge is 2.33. The zero-order valence-electron chi connectivity index (χ0n) is 17.4. The Morgan fingerprint density at radius 2 is 1.90 bits per heavy atom. The summed E-state index contributed by atoms with van der Waals surface area (Å²) < 4.78 is 29.7. The summed E-state index contributed by atoms with van der Waals surface area (Å²) in [6.07, 6.45) is 2.91. The van der Waals surface area contributed by atoms with Crippen LogP contribution in [0.3, 0.4) is 0 Å². The van der Waals surface area contributed by atoms with E-state index in [4.69, 9.17) is 0 Å². The van der Waals surface area contributed by atoms with Gasteiger partial charge in [-0.1, -0.05) is 18.6 Å². The van der Waals surface area contributed by atoms with Gasteiger partial charge in [-0.25, -0.2) is 8.42 Å². The van der Waals surface area contributed by atoms with Gasteiger partial charge in [-0.15, -0.1) is 0 Å². The molecule has 0 spiro atoms. The van der Waals surface area contributed by atoms with Gasteiger partial charge in [0, 0.05) is 31.0 Å². The molecular formula is C21H26N4O4S. The minimum Gasteiger partial charge on any atom is -0.310 e. The fraction of sp³-hybridized carbons (Fsp3) is 0.476. The first-order chi connectivity index (χ1) is 14.2. The molecule has 4 rings (SSSR count). The van der Waals surface area contributed by atoms with Gasteiger partial charge in [0.15, 0.2) is 0 Å². The smallest absolute Gasteiger partial charge is 0.249 e. The zero-order valence-corrected chi connectivity index (χ0v) is 18.3. The van der Waals surface area contributed by atoms with E-state index in [1.54, 1.807) is 36.4 Å². The summed E-state index contributed by atoms with van der Waals surface area (Å²) in [4.78, 5) is 24.7. The number of fused-ring (bicyclic) bond motifs is 1. The Morgan fingerprint density at radius 1 is 1.13 bits per heavy atom. The predicted octanol–water partition coefficient (Wildman–Crippen LogP) is 3.10. The molecule has 1 N–H and O–H groups in total. The molecule has 1 aromatic carbocycles. The number of amides is 1. The number of anilines is 1. The summed E-state index contributed by atoms with van der Waals surface area (Å²) in [5.74, 6) is -0.219. The Balaban J connectivity index is 1.84. The lowest BCUT2D eigenvalue weighted by Gasteiger charge is -2.32. The number of carbonyl (C=O) groups excluding carboxylic acids is 2. The number of carbonyl (C=O) groups is 2. The van der Waals surface area contributed by atoms with Crippen LogP contribution in [0.4, 0.5) is 5.82 Å². The molecule has 0 bridgehead atoms. The van der Waals surface area contributed by atoms with E-state index in [1.165, 1.54) is 4.68 Å². The van der Waals surface area contributed by atoms with Gasteiger partial charge in [0.2, 0.25) is 21.8 Å². The van der Waals surface area contributed by atoms with E-state index in [9.17, 15) is 18.0 Å². The number of hydrogen-bond acceptors (Lipinski definition) is 5. The van der Waals surface area contributed by atoms with Crippen molar-refractivity contribution in [3.63, 3.8) is 0 Å². The molecule has 0 radical (unpaired) electrons. The van der Waals surface area contributed by atoms with Crippen LogP contribution < -0.4 is 5.32 Å². The highest BCUT2D eigenvalue weighted by Crippen LogP contribution is 2.36. The topological polar surface area (TPSA) is 101 Å². The zero-order chi connectivity index (χ0) is 21.6. The summed E-state index contributed by atoms with van der Waals surface area (Å²) in [6, 6.07) is 5.16. The van der Waals surface area contributed by atoms with Gasteiger partial charge in [-0.2, -0.15) is 14.1 Å². The summed E-state index contributed by atoms with van der Waals surface area (Å²) >= 11 is 0. The van der Waals surface area contributed by atoms with Gasteiger partial charge in [-0.3, -0.25) is 9.59 Å². The number of nitrogens with zero attached hydrogens (tertiary/aromatic N) is 3. The second-order valence-corrected chi connectivity index (χ2v) is 9.96. The van der Waals surface area contributed by atoms with Gasteiger partial charge in [0.25, 0.3) is 0 Å². The summed E-state index contributed by atoms with van der Waals surface area (Å²) in [6.45, 7) is 5.98. The van der Waals surface area contributed by atoms with Gasteiger partial charge in [-0.05, 0) is 50.8 Å². The first kappa shape index (κ1) is 20.7. The van der Waals surface area contributed by atoms with Crippen LogP contribution in [-0.4, -0.2) is 46.9 Å². The molecule has 30 heavy (non-hydrogen) atoms. The number of benzene rings is 1. The first-order valence-electron chi connectivity index (χ1n) is 10.3. The third-order valence-corrected chi connectivity index (χ3v) is 8.08. The average Bonchev–Trinajstić information content (AvgIpc) is 2.95. The van der Waals surface area contributed by atoms with Gasteiger partial charge < -0.3 is 5.32 Å². The largest absolute Gasteiger partial charge is 0.310 e. The molecule has 1 aromatic heterocycles. The van der Waals surface area contributed by atoms with E-state index < -0.39 is 10.0 Å². The maximum Gasteiger partial charge on any atom is 0.249 e. The number of aromatic nitrogens is 2. The first-order valence-corrected chi connectivity index (χ1v) is 11.7. The van der Waals surface area contributed by atoms with E-state index in [0.717, 1.165) is 19.3 Å². The molecule has 0 aliphatic carbocycles. The van der Waals surface area contributed by atoms with Crippen LogP contribution in [0.5, 0.6) is 0 Å². The molecule has 2 aromatic rings. The summed E-state index contributed by atoms with van der Waals surface area (Å²) in [7, 11) is -3.67. The lowest BCUT2D eigenvalue weighted by Crippen LogP contribution is -2.42. The molecule has 0 saturated carbocycles. The highest BCUT2D eigenvalue weighted by molar-refractivity contribution is 7.89. The van der Waals surface area contributed by atoms with Crippen molar-refractivity contribution >= 4 is 27.7 Å². The Morgan fingerprint density at radius 3 is 2.63 bits per heavy atom. The number of piperidine rings is 1. The second-order valence-electron chi connectivity index (χ2n) is 8.10. The van der Waals surface area contributed by atoms with Crippen LogP contribution in [0.15, 0.2) is 23.1 Å². The van der Waals surface area contributed by atoms with E-state index in [0.29, 0.717) is 34.7 Å². The lowest BCUT2D eigenvalue weighted by atomic mass is 10.0. The van der Waals surface area contributed by atoms with E-state index >= 15 is 0 Å². The molecule has 8 nitrogen and oxygen atoms in total. The van der Waals surface area contributed by atoms with Crippen LogP contribution in [-0.2, 0) is 14.8 Å². The number of hydrogen-bond donors (Lipinski definition) is 1. The van der Waals surface area contributed by atoms with E-state index in [1.807, 2.05) is 6.92 Å². The van der Waals surface area contributed by atoms with Crippen LogP contribution >= 0.6 is 0 Å². The van der Waals surface area contributed by atoms with Crippen molar-refractivity contribution in [2.24, 2.45) is 0 Å². The SMILES string of the molecule is Cc1ccc(-c2c(C)nn3c2NC(=O)CCC3=O)cc1S(=O)(=O)N1CCCCC1C. The van der Waals surface area contributed by atoms with Gasteiger partial charge in [0.1, 0.15) is 5.82 Å². The van der Waals surface area contributed by atoms with E-state index in [-0.39, 0.29) is 35.6 Å². The Labute approximate surface area is 176 Å². The maximum atomic E-state index is 13.5. The molecule has 1 amide bonds. The maximum absolute atomic E-state index is 13.5. The Bertz CT molecular complexity index is 1140. The van der Waals surface area contributed by atoms with Crippen LogP contribution in [0.25, 0.3) is 11.1 Å². The van der Waals surface area contributed by atoms with E-state index in [2.05, 4.69) is 10.4 Å². The van der Waals surface area contributed by atoms with Gasteiger partial charge >= 0.3 is 0 Å². The van der Waals surface area contributed by atoms with Crippen LogP contribution in [0, 0.1) is 13.8 Å². The van der Waals surface area contributed by atoms with Crippen molar-refractivity contribution in [3.05, 3.63) is 29.5 Å². The van der Waals surface area contributed by atoms with Crippen molar-refractivity contribution in [3.8, 4) is 11.1 Å². The molecule has 160 valence electrons. The summed E-state index contributed by atoms with van der Waals surface area (Å²) in [5, 5.41) is 7.08. The van der Waals surface area contributed by atoms with Crippen LogP contribution in [0.2, 0.25) is 0 Å². The van der Waals surface area contributed by atoms with Crippen molar-refractivity contribution in [2.45, 2.75) is 63.8 Å². The fourth-order valence-corrected chi connectivity index (χ4v) is 6.23. The second kappa shape index (κ2) is 7.63. The molecule has 9 heteroatoms. The van der Waals surface area contributed by atoms with Crippen molar-refractivity contribution in [2.75, 3.05) is 11.9 Å². The number of sulfonamides is 1. The third kappa shape index (κ3) is 3.45. The minimum atomic E-state index is -3.67. The minimum absolute atomic E-state index is 0.0436. The van der Waals surface area contributed by atoms with Crippen molar-refractivity contribution in [1.29, 1.82) is 0 Å². The molecule has 1 fully saturated rings. The lowest BCUT2D eigenvalue weighted by molar-refractivity contribution is -0.116. The molecule has 1 unspecified atom stereocenters. The van der Waals surface area contributed by atoms with Crippen molar-refractivity contribution in [1.82, 2.24) is 14.1 Å². The van der Waals surface area contributed by atoms with Crippen LogP contribution in [0.1, 0.15) is 55.1 Å². The standard InChI is InChI=1S/C21H26N4O4S/c1-13-7-8-16(12-17(13)30(28,29)24-11-5-4-6-14(24)2)20-15(3)23-25-19(27)10-9-18(26)22-21(20)25/h7-8,12,14H,4-6,9-11H2,1-3H3,(H,22,26). The fourth-order valence-electron chi connectivity index (χ4n) is 4.28. The molecule has 1 atom stereocenters. The normalized spacial score (nSPS) is 20.6. The molecule has 3 heterocycles. The predicted molar refractivity (Wildman–Crippen MR) is 113 cm³/mol. The molecule has 1 saturated heterocycles. The Hall–Kier alpha value is -2.52. The Kier molecular flexibility index (Phi) is 5.27. The summed E-state index contributed by atoms with van der Waals surface area (Å²) in [5.41, 5.74) is 2.39. The number of aryl methyl sites for hydroxylation is 2. The molecule has 2 aliphatic heterocycles. The molecular weight excluding hydrogens is 404 g/mol. The number of rotatable bonds is 3. The molecule has 2 aliphatic rings. The number of nitrogens with one attached hydrogen (secondary N) is 1.